The van der Waals surface area contributed by atoms with Crippen LogP contribution < -0.4 is 0 Å². The van der Waals surface area contributed by atoms with Crippen molar-refractivity contribution in [1.29, 1.82) is 0 Å². The molecule has 3 heteroatoms. The van der Waals surface area contributed by atoms with E-state index in [9.17, 15) is 4.79 Å². The Morgan fingerprint density at radius 1 is 1.11 bits per heavy atom. The third-order valence-electron chi connectivity index (χ3n) is 2.96. The maximum Gasteiger partial charge on any atom is 0.338 e. The number of unbranched alkanes of at least 4 members (excludes halogenated alkanes) is 5. The van der Waals surface area contributed by atoms with Crippen molar-refractivity contribution >= 4 is 11.7 Å². The van der Waals surface area contributed by atoms with Crippen LogP contribution in [0.15, 0.2) is 24.3 Å². The molecule has 1 aromatic carbocycles. The first-order valence-electron chi connectivity index (χ1n) is 6.92. The van der Waals surface area contributed by atoms with Gasteiger partial charge < -0.3 is 4.74 Å². The molecule has 0 N–H and O–H groups in total. The molecule has 0 saturated carbocycles. The van der Waals surface area contributed by atoms with E-state index in [1.54, 1.807) is 24.3 Å². The Morgan fingerprint density at radius 2 is 1.74 bits per heavy atom. The van der Waals surface area contributed by atoms with Crippen molar-refractivity contribution in [2.75, 3.05) is 6.61 Å². The Hall–Kier alpha value is -1.82. The third-order valence-corrected chi connectivity index (χ3v) is 2.96. The van der Waals surface area contributed by atoms with E-state index < -0.39 is 0 Å². The van der Waals surface area contributed by atoms with Gasteiger partial charge in [0.1, 0.15) is 0 Å². The molecule has 0 heterocycles. The molecule has 0 amide bonds. The van der Waals surface area contributed by atoms with Gasteiger partial charge in [0.2, 0.25) is 0 Å². The Balaban J connectivity index is 2.18. The highest BCUT2D eigenvalue weighted by Gasteiger charge is 2.06. The zero-order valence-corrected chi connectivity index (χ0v) is 11.5. The lowest BCUT2D eigenvalue weighted by molar-refractivity contribution is 0.0497. The zero-order valence-electron chi connectivity index (χ0n) is 11.5. The van der Waals surface area contributed by atoms with E-state index in [1.807, 2.05) is 0 Å². The third kappa shape index (κ3) is 6.05. The molecule has 3 nitrogen and oxygen atoms in total. The normalized spacial score (nSPS) is 9.89. The predicted molar refractivity (Wildman–Crippen MR) is 76.4 cm³/mol. The van der Waals surface area contributed by atoms with E-state index in [0.717, 1.165) is 12.8 Å². The first-order chi connectivity index (χ1) is 9.27. The fraction of sp³-hybridized carbons (Fsp3) is 0.500. The summed E-state index contributed by atoms with van der Waals surface area (Å²) in [7, 11) is 0. The summed E-state index contributed by atoms with van der Waals surface area (Å²) < 4.78 is 5.19. The van der Waals surface area contributed by atoms with Crippen molar-refractivity contribution in [3.8, 4) is 0 Å². The Bertz CT molecular complexity index is 417. The lowest BCUT2D eigenvalue weighted by Gasteiger charge is -2.05. The van der Waals surface area contributed by atoms with Gasteiger partial charge in [0.15, 0.2) is 5.69 Å². The van der Waals surface area contributed by atoms with Gasteiger partial charge in [0, 0.05) is 0 Å². The summed E-state index contributed by atoms with van der Waals surface area (Å²) in [6.45, 7) is 9.51. The molecule has 19 heavy (non-hydrogen) atoms. The van der Waals surface area contributed by atoms with E-state index in [0.29, 0.717) is 17.9 Å². The molecule has 0 aromatic heterocycles. The summed E-state index contributed by atoms with van der Waals surface area (Å²) in [4.78, 5) is 15.0. The van der Waals surface area contributed by atoms with Gasteiger partial charge in [-0.2, -0.15) is 0 Å². The SMILES string of the molecule is [C-]#[N+]c1ccc(C(=O)OCCCCCCCC)cc1. The van der Waals surface area contributed by atoms with E-state index in [-0.39, 0.29) is 5.97 Å². The molecule has 0 atom stereocenters. The van der Waals surface area contributed by atoms with Crippen LogP contribution in [-0.2, 0) is 4.74 Å². The predicted octanol–water partition coefficient (Wildman–Crippen LogP) is 4.75. The second-order valence-corrected chi connectivity index (χ2v) is 4.56. The van der Waals surface area contributed by atoms with Gasteiger partial charge in [-0.3, -0.25) is 0 Å². The van der Waals surface area contributed by atoms with Crippen molar-refractivity contribution in [2.45, 2.75) is 45.4 Å². The summed E-state index contributed by atoms with van der Waals surface area (Å²) >= 11 is 0. The van der Waals surface area contributed by atoms with Gasteiger partial charge in [0.25, 0.3) is 0 Å². The van der Waals surface area contributed by atoms with Crippen LogP contribution in [0.5, 0.6) is 0 Å². The van der Waals surface area contributed by atoms with Gasteiger partial charge >= 0.3 is 5.97 Å². The molecular formula is C16H21NO2. The Labute approximate surface area is 115 Å². The van der Waals surface area contributed by atoms with Crippen LogP contribution in [0.2, 0.25) is 0 Å². The largest absolute Gasteiger partial charge is 0.462 e. The number of esters is 1. The molecule has 0 fully saturated rings. The van der Waals surface area contributed by atoms with Crippen LogP contribution in [0.1, 0.15) is 55.8 Å². The van der Waals surface area contributed by atoms with Crippen LogP contribution in [-0.4, -0.2) is 12.6 Å². The highest BCUT2D eigenvalue weighted by atomic mass is 16.5. The molecular weight excluding hydrogens is 238 g/mol. The number of ether oxygens (including phenoxy) is 1. The number of carbonyl (C=O) groups is 1. The maximum absolute atomic E-state index is 11.7. The van der Waals surface area contributed by atoms with Gasteiger partial charge in [0.05, 0.1) is 18.7 Å². The molecule has 0 aliphatic rings. The van der Waals surface area contributed by atoms with Gasteiger partial charge in [-0.15, -0.1) is 0 Å². The number of carbonyl (C=O) groups excluding carboxylic acids is 1. The fourth-order valence-corrected chi connectivity index (χ4v) is 1.80. The molecule has 0 saturated heterocycles. The Morgan fingerprint density at radius 3 is 2.37 bits per heavy atom. The maximum atomic E-state index is 11.7. The standard InChI is InChI=1S/C16H21NO2/c1-3-4-5-6-7-8-13-19-16(18)14-9-11-15(17-2)12-10-14/h9-12H,3-8,13H2,1H3. The second kappa shape index (κ2) is 9.16. The van der Waals surface area contributed by atoms with Crippen molar-refractivity contribution in [3.63, 3.8) is 0 Å². The summed E-state index contributed by atoms with van der Waals surface area (Å²) in [5.41, 5.74) is 1.05. The molecule has 102 valence electrons. The average Bonchev–Trinajstić information content (AvgIpc) is 2.46. The van der Waals surface area contributed by atoms with E-state index >= 15 is 0 Å². The number of nitrogens with zero attached hydrogens (tertiary/aromatic N) is 1. The Kier molecular flexibility index (Phi) is 7.34. The van der Waals surface area contributed by atoms with Crippen molar-refractivity contribution in [2.24, 2.45) is 0 Å². The minimum atomic E-state index is -0.301. The molecule has 0 radical (unpaired) electrons. The van der Waals surface area contributed by atoms with E-state index in [2.05, 4.69) is 11.8 Å². The molecule has 0 aliphatic carbocycles. The number of hydrogen-bond acceptors (Lipinski definition) is 2. The second-order valence-electron chi connectivity index (χ2n) is 4.56. The molecule has 1 aromatic rings. The quantitative estimate of drug-likeness (QED) is 0.383. The smallest absolute Gasteiger partial charge is 0.338 e. The van der Waals surface area contributed by atoms with Crippen LogP contribution in [0.4, 0.5) is 5.69 Å². The highest BCUT2D eigenvalue weighted by Crippen LogP contribution is 2.13. The minimum absolute atomic E-state index is 0.301. The lowest BCUT2D eigenvalue weighted by Crippen LogP contribution is -2.06. The molecule has 0 bridgehead atoms. The van der Waals surface area contributed by atoms with Gasteiger partial charge in [-0.05, 0) is 6.42 Å². The van der Waals surface area contributed by atoms with E-state index in [1.165, 1.54) is 25.7 Å². The van der Waals surface area contributed by atoms with Crippen molar-refractivity contribution < 1.29 is 9.53 Å². The van der Waals surface area contributed by atoms with Crippen LogP contribution in [0, 0.1) is 6.57 Å². The molecule has 0 aliphatic heterocycles. The fourth-order valence-electron chi connectivity index (χ4n) is 1.80. The zero-order chi connectivity index (χ0) is 13.9. The summed E-state index contributed by atoms with van der Waals surface area (Å²) in [6, 6.07) is 6.54. The topological polar surface area (TPSA) is 30.7 Å². The minimum Gasteiger partial charge on any atom is -0.462 e. The first kappa shape index (κ1) is 15.2. The van der Waals surface area contributed by atoms with Crippen LogP contribution in [0.3, 0.4) is 0 Å². The average molecular weight is 259 g/mol. The lowest BCUT2D eigenvalue weighted by atomic mass is 10.1. The highest BCUT2D eigenvalue weighted by molar-refractivity contribution is 5.89. The van der Waals surface area contributed by atoms with Crippen molar-refractivity contribution in [3.05, 3.63) is 41.2 Å². The van der Waals surface area contributed by atoms with Gasteiger partial charge in [-0.1, -0.05) is 63.3 Å². The molecule has 1 rings (SSSR count). The van der Waals surface area contributed by atoms with Crippen LogP contribution >= 0.6 is 0 Å². The summed E-state index contributed by atoms with van der Waals surface area (Å²) in [5, 5.41) is 0. The van der Waals surface area contributed by atoms with Crippen molar-refractivity contribution in [1.82, 2.24) is 0 Å². The van der Waals surface area contributed by atoms with Crippen LogP contribution in [0.25, 0.3) is 4.85 Å². The monoisotopic (exact) mass is 259 g/mol. The first-order valence-corrected chi connectivity index (χ1v) is 6.92. The number of benzene rings is 1. The van der Waals surface area contributed by atoms with E-state index in [4.69, 9.17) is 11.3 Å². The number of rotatable bonds is 8. The number of hydrogen-bond donors (Lipinski definition) is 0. The van der Waals surface area contributed by atoms with Gasteiger partial charge in [-0.25, -0.2) is 9.64 Å². The molecule has 0 unspecified atom stereocenters. The molecule has 0 spiro atoms. The summed E-state index contributed by atoms with van der Waals surface area (Å²) in [6.07, 6.45) is 7.05. The summed E-state index contributed by atoms with van der Waals surface area (Å²) in [5.74, 6) is -0.301.